The van der Waals surface area contributed by atoms with Crippen LogP contribution in [0.15, 0.2) is 30.3 Å². The predicted octanol–water partition coefficient (Wildman–Crippen LogP) is 2.42. The molecule has 0 saturated carbocycles. The van der Waals surface area contributed by atoms with Crippen LogP contribution in [0, 0.1) is 0 Å². The van der Waals surface area contributed by atoms with Crippen molar-refractivity contribution in [2.24, 2.45) is 0 Å². The number of amides is 1. The molecular formula is C21H32N2O5. The normalized spacial score (nSPS) is 15.5. The predicted molar refractivity (Wildman–Crippen MR) is 106 cm³/mol. The Morgan fingerprint density at radius 3 is 2.39 bits per heavy atom. The zero-order valence-electron chi connectivity index (χ0n) is 17.1. The smallest absolute Gasteiger partial charge is 0.410 e. The van der Waals surface area contributed by atoms with Crippen LogP contribution in [0.1, 0.15) is 39.2 Å². The van der Waals surface area contributed by atoms with Crippen molar-refractivity contribution in [3.8, 4) is 0 Å². The zero-order chi connectivity index (χ0) is 20.6. The highest BCUT2D eigenvalue weighted by atomic mass is 16.6. The largest absolute Gasteiger partial charge is 0.459 e. The van der Waals surface area contributed by atoms with Gasteiger partial charge in [0.1, 0.15) is 12.2 Å². The van der Waals surface area contributed by atoms with Gasteiger partial charge in [-0.2, -0.15) is 0 Å². The van der Waals surface area contributed by atoms with Crippen molar-refractivity contribution < 1.29 is 24.2 Å². The van der Waals surface area contributed by atoms with Crippen molar-refractivity contribution in [3.63, 3.8) is 0 Å². The Kier molecular flexibility index (Phi) is 8.26. The molecule has 0 unspecified atom stereocenters. The summed E-state index contributed by atoms with van der Waals surface area (Å²) in [7, 11) is 0. The summed E-state index contributed by atoms with van der Waals surface area (Å²) in [4.78, 5) is 28.1. The van der Waals surface area contributed by atoms with Crippen LogP contribution < -0.4 is 0 Å². The van der Waals surface area contributed by atoms with Crippen LogP contribution in [0.25, 0.3) is 0 Å². The van der Waals surface area contributed by atoms with E-state index >= 15 is 0 Å². The minimum absolute atomic E-state index is 0.0257. The number of likely N-dealkylation sites (tertiary alicyclic amines) is 1. The molecule has 1 N–H and O–H groups in total. The lowest BCUT2D eigenvalue weighted by molar-refractivity contribution is -0.157. The van der Waals surface area contributed by atoms with E-state index in [2.05, 4.69) is 0 Å². The zero-order valence-corrected chi connectivity index (χ0v) is 17.1. The Bertz CT molecular complexity index is 621. The first-order chi connectivity index (χ1) is 13.3. The quantitative estimate of drug-likeness (QED) is 0.718. The molecule has 0 bridgehead atoms. The number of nitrogens with zero attached hydrogens (tertiary/aromatic N) is 2. The molecule has 0 spiro atoms. The first-order valence-corrected chi connectivity index (χ1v) is 9.81. The summed E-state index contributed by atoms with van der Waals surface area (Å²) in [6.07, 6.45) is 1.13. The van der Waals surface area contributed by atoms with Crippen LogP contribution in [0.2, 0.25) is 0 Å². The van der Waals surface area contributed by atoms with E-state index in [1.54, 1.807) is 4.90 Å². The molecule has 1 aliphatic heterocycles. The van der Waals surface area contributed by atoms with E-state index in [4.69, 9.17) is 9.47 Å². The van der Waals surface area contributed by atoms with Gasteiger partial charge in [0.05, 0.1) is 13.2 Å². The van der Waals surface area contributed by atoms with E-state index in [9.17, 15) is 14.7 Å². The molecule has 1 heterocycles. The molecule has 1 aromatic carbocycles. The molecule has 1 aliphatic rings. The van der Waals surface area contributed by atoms with E-state index in [0.717, 1.165) is 18.4 Å². The topological polar surface area (TPSA) is 79.3 Å². The number of hydrogen-bond donors (Lipinski definition) is 1. The van der Waals surface area contributed by atoms with Crippen molar-refractivity contribution in [2.75, 3.05) is 32.8 Å². The molecule has 0 atom stereocenters. The Morgan fingerprint density at radius 2 is 1.82 bits per heavy atom. The number of esters is 1. The van der Waals surface area contributed by atoms with Gasteiger partial charge in [-0.15, -0.1) is 0 Å². The highest BCUT2D eigenvalue weighted by Crippen LogP contribution is 2.18. The third kappa shape index (κ3) is 7.48. The molecule has 1 aromatic rings. The fourth-order valence-corrected chi connectivity index (χ4v) is 3.28. The number of carbonyl (C=O) groups is 2. The van der Waals surface area contributed by atoms with Gasteiger partial charge in [-0.25, -0.2) is 4.79 Å². The second-order valence-corrected chi connectivity index (χ2v) is 8.04. The van der Waals surface area contributed by atoms with E-state index in [0.29, 0.717) is 19.6 Å². The Balaban J connectivity index is 1.80. The van der Waals surface area contributed by atoms with E-state index < -0.39 is 5.60 Å². The summed E-state index contributed by atoms with van der Waals surface area (Å²) >= 11 is 0. The first kappa shape index (κ1) is 22.2. The van der Waals surface area contributed by atoms with Crippen molar-refractivity contribution in [1.29, 1.82) is 0 Å². The average molecular weight is 392 g/mol. The SMILES string of the molecule is CC(C)(C)OC(=O)CN(CCO)C1CCN(C(=O)OCc2ccccc2)CC1. The maximum absolute atomic E-state index is 12.3. The van der Waals surface area contributed by atoms with Crippen molar-refractivity contribution in [1.82, 2.24) is 9.80 Å². The fourth-order valence-electron chi connectivity index (χ4n) is 3.28. The number of hydrogen-bond acceptors (Lipinski definition) is 6. The standard InChI is InChI=1S/C21H32N2O5/c1-21(2,3)28-19(25)15-23(13-14-24)18-9-11-22(12-10-18)20(26)27-16-17-7-5-4-6-8-17/h4-8,18,24H,9-16H2,1-3H3. The maximum atomic E-state index is 12.3. The number of rotatable bonds is 7. The second kappa shape index (κ2) is 10.4. The maximum Gasteiger partial charge on any atom is 0.410 e. The summed E-state index contributed by atoms with van der Waals surface area (Å²) in [5.74, 6) is -0.300. The Morgan fingerprint density at radius 1 is 1.18 bits per heavy atom. The van der Waals surface area contributed by atoms with E-state index in [1.807, 2.05) is 56.0 Å². The summed E-state index contributed by atoms with van der Waals surface area (Å²) in [5, 5.41) is 9.35. The van der Waals surface area contributed by atoms with Gasteiger partial charge in [0.25, 0.3) is 0 Å². The highest BCUT2D eigenvalue weighted by molar-refractivity contribution is 5.72. The van der Waals surface area contributed by atoms with Crippen molar-refractivity contribution in [2.45, 2.75) is 51.9 Å². The van der Waals surface area contributed by atoms with Crippen LogP contribution in [0.5, 0.6) is 0 Å². The summed E-state index contributed by atoms with van der Waals surface area (Å²) in [6.45, 7) is 7.41. The first-order valence-electron chi connectivity index (χ1n) is 9.81. The van der Waals surface area contributed by atoms with Gasteiger partial charge in [0, 0.05) is 25.7 Å². The molecular weight excluding hydrogens is 360 g/mol. The third-order valence-corrected chi connectivity index (χ3v) is 4.58. The summed E-state index contributed by atoms with van der Waals surface area (Å²) in [6, 6.07) is 9.71. The molecule has 1 amide bonds. The van der Waals surface area contributed by atoms with E-state index in [1.165, 1.54) is 0 Å². The molecule has 7 heteroatoms. The molecule has 0 radical (unpaired) electrons. The minimum atomic E-state index is -0.534. The van der Waals surface area contributed by atoms with E-state index in [-0.39, 0.29) is 37.9 Å². The molecule has 1 saturated heterocycles. The van der Waals surface area contributed by atoms with Gasteiger partial charge < -0.3 is 19.5 Å². The molecule has 0 aliphatic carbocycles. The van der Waals surface area contributed by atoms with Gasteiger partial charge in [0.15, 0.2) is 0 Å². The lowest BCUT2D eigenvalue weighted by atomic mass is 10.0. The summed E-state index contributed by atoms with van der Waals surface area (Å²) in [5.41, 5.74) is 0.422. The van der Waals surface area contributed by atoms with Gasteiger partial charge in [-0.3, -0.25) is 9.69 Å². The molecule has 2 rings (SSSR count). The van der Waals surface area contributed by atoms with Crippen LogP contribution >= 0.6 is 0 Å². The molecule has 1 fully saturated rings. The number of carbonyl (C=O) groups excluding carboxylic acids is 2. The number of aliphatic hydroxyl groups is 1. The summed E-state index contributed by atoms with van der Waals surface area (Å²) < 4.78 is 10.8. The minimum Gasteiger partial charge on any atom is -0.459 e. The number of piperidine rings is 1. The van der Waals surface area contributed by atoms with Crippen LogP contribution in [0.3, 0.4) is 0 Å². The van der Waals surface area contributed by atoms with Gasteiger partial charge >= 0.3 is 12.1 Å². The monoisotopic (exact) mass is 392 g/mol. The number of ether oxygens (including phenoxy) is 2. The lowest BCUT2D eigenvalue weighted by Gasteiger charge is -2.37. The Hall–Kier alpha value is -2.12. The average Bonchev–Trinajstić information content (AvgIpc) is 2.65. The van der Waals surface area contributed by atoms with Gasteiger partial charge in [-0.05, 0) is 39.2 Å². The second-order valence-electron chi connectivity index (χ2n) is 8.04. The number of benzene rings is 1. The van der Waals surface area contributed by atoms with Crippen molar-refractivity contribution >= 4 is 12.1 Å². The lowest BCUT2D eigenvalue weighted by Crippen LogP contribution is -2.49. The Labute approximate surface area is 167 Å². The highest BCUT2D eigenvalue weighted by Gasteiger charge is 2.29. The fraction of sp³-hybridized carbons (Fsp3) is 0.619. The molecule has 156 valence electrons. The molecule has 28 heavy (non-hydrogen) atoms. The van der Waals surface area contributed by atoms with Gasteiger partial charge in [0.2, 0.25) is 0 Å². The molecule has 0 aromatic heterocycles. The number of aliphatic hydroxyl groups excluding tert-OH is 1. The molecule has 7 nitrogen and oxygen atoms in total. The van der Waals surface area contributed by atoms with Crippen LogP contribution in [-0.2, 0) is 20.9 Å². The van der Waals surface area contributed by atoms with Crippen LogP contribution in [-0.4, -0.2) is 71.4 Å². The third-order valence-electron chi connectivity index (χ3n) is 4.58. The van der Waals surface area contributed by atoms with Crippen LogP contribution in [0.4, 0.5) is 4.79 Å². The van der Waals surface area contributed by atoms with Gasteiger partial charge in [-0.1, -0.05) is 30.3 Å². The van der Waals surface area contributed by atoms with Crippen molar-refractivity contribution in [3.05, 3.63) is 35.9 Å².